The van der Waals surface area contributed by atoms with Crippen LogP contribution in [0.4, 0.5) is 0 Å². The van der Waals surface area contributed by atoms with Gasteiger partial charge in [-0.2, -0.15) is 4.31 Å². The molecule has 2 aliphatic rings. The van der Waals surface area contributed by atoms with Gasteiger partial charge in [0.15, 0.2) is 0 Å². The Balaban J connectivity index is 1.52. The quantitative estimate of drug-likeness (QED) is 0.324. The third kappa shape index (κ3) is 8.37. The summed E-state index contributed by atoms with van der Waals surface area (Å²) in [7, 11) is -0.289. The first-order valence-electron chi connectivity index (χ1n) is 14.4. The lowest BCUT2D eigenvalue weighted by molar-refractivity contribution is -0.151. The van der Waals surface area contributed by atoms with E-state index in [4.69, 9.17) is 9.47 Å². The van der Waals surface area contributed by atoms with Crippen LogP contribution in [0.3, 0.4) is 0 Å². The van der Waals surface area contributed by atoms with E-state index in [1.165, 1.54) is 16.4 Å². The number of likely N-dealkylation sites (N-methyl/N-ethyl adjacent to an activating group) is 1. The van der Waals surface area contributed by atoms with E-state index in [1.54, 1.807) is 6.07 Å². The zero-order valence-electron chi connectivity index (χ0n) is 24.3. The Morgan fingerprint density at radius 2 is 1.88 bits per heavy atom. The van der Waals surface area contributed by atoms with Crippen LogP contribution in [0, 0.1) is 18.8 Å². The SMILES string of the molecule is Cc1ccc(S(=O)(=O)N(CCN(C)C)C[C@@H](O)[C@@H](CC(=O)O[C@H]2C[C@H]3CCO[C@H]3C2)Cc2ccccc2)cc1CO. The molecule has 1 aliphatic heterocycles. The van der Waals surface area contributed by atoms with Crippen LogP contribution in [0.25, 0.3) is 0 Å². The van der Waals surface area contributed by atoms with Crippen LogP contribution in [0.1, 0.15) is 42.4 Å². The molecule has 0 bridgehead atoms. The van der Waals surface area contributed by atoms with Gasteiger partial charge >= 0.3 is 5.97 Å². The summed E-state index contributed by atoms with van der Waals surface area (Å²) < 4.78 is 40.5. The van der Waals surface area contributed by atoms with Crippen LogP contribution in [0.15, 0.2) is 53.4 Å². The highest BCUT2D eigenvalue weighted by atomic mass is 32.2. The fourth-order valence-electron chi connectivity index (χ4n) is 5.83. The molecule has 10 heteroatoms. The number of ether oxygens (including phenoxy) is 2. The summed E-state index contributed by atoms with van der Waals surface area (Å²) in [6, 6.07) is 14.3. The normalized spacial score (nSPS) is 22.2. The van der Waals surface area contributed by atoms with Crippen LogP contribution in [-0.2, 0) is 37.3 Å². The smallest absolute Gasteiger partial charge is 0.306 e. The average molecular weight is 589 g/mol. The minimum absolute atomic E-state index is 0.0243. The first-order chi connectivity index (χ1) is 19.6. The topological polar surface area (TPSA) is 117 Å². The van der Waals surface area contributed by atoms with Crippen LogP contribution in [0.2, 0.25) is 0 Å². The number of aryl methyl sites for hydroxylation is 1. The molecule has 226 valence electrons. The van der Waals surface area contributed by atoms with Crippen LogP contribution in [-0.4, -0.2) is 92.5 Å². The number of aliphatic hydroxyl groups is 2. The first kappa shape index (κ1) is 31.6. The number of aliphatic hydroxyl groups excluding tert-OH is 2. The number of esters is 1. The summed E-state index contributed by atoms with van der Waals surface area (Å²) in [5.74, 6) is -0.504. The summed E-state index contributed by atoms with van der Waals surface area (Å²) >= 11 is 0. The van der Waals surface area contributed by atoms with Gasteiger partial charge in [-0.15, -0.1) is 0 Å². The third-order valence-corrected chi connectivity index (χ3v) is 10.2. The molecule has 1 aliphatic carbocycles. The van der Waals surface area contributed by atoms with Gasteiger partial charge in [0.05, 0.1) is 30.1 Å². The predicted molar refractivity (Wildman–Crippen MR) is 156 cm³/mol. The van der Waals surface area contributed by atoms with E-state index in [1.807, 2.05) is 56.3 Å². The van der Waals surface area contributed by atoms with Crippen molar-refractivity contribution in [3.05, 3.63) is 65.2 Å². The third-order valence-electron chi connectivity index (χ3n) is 8.34. The Kier molecular flexibility index (Phi) is 11.0. The highest BCUT2D eigenvalue weighted by Crippen LogP contribution is 2.37. The van der Waals surface area contributed by atoms with E-state index < -0.39 is 22.0 Å². The monoisotopic (exact) mass is 588 g/mol. The Hall–Kier alpha value is -2.34. The van der Waals surface area contributed by atoms with Crippen molar-refractivity contribution in [3.8, 4) is 0 Å². The summed E-state index contributed by atoms with van der Waals surface area (Å²) in [6.45, 7) is 2.73. The summed E-state index contributed by atoms with van der Waals surface area (Å²) in [4.78, 5) is 15.0. The molecule has 0 unspecified atom stereocenters. The zero-order chi connectivity index (χ0) is 29.6. The molecule has 1 saturated heterocycles. The molecule has 2 aromatic rings. The molecular weight excluding hydrogens is 544 g/mol. The van der Waals surface area contributed by atoms with E-state index >= 15 is 0 Å². The molecule has 2 aromatic carbocycles. The molecule has 2 fully saturated rings. The van der Waals surface area contributed by atoms with Crippen molar-refractivity contribution in [2.24, 2.45) is 11.8 Å². The largest absolute Gasteiger partial charge is 0.462 e. The molecule has 4 rings (SSSR count). The minimum Gasteiger partial charge on any atom is -0.462 e. The maximum atomic E-state index is 13.8. The number of nitrogens with zero attached hydrogens (tertiary/aromatic N) is 2. The lowest BCUT2D eigenvalue weighted by Crippen LogP contribution is -2.44. The van der Waals surface area contributed by atoms with Gasteiger partial charge in [0, 0.05) is 38.6 Å². The Morgan fingerprint density at radius 1 is 1.12 bits per heavy atom. The second-order valence-corrected chi connectivity index (χ2v) is 13.6. The van der Waals surface area contributed by atoms with E-state index in [2.05, 4.69) is 0 Å². The van der Waals surface area contributed by atoms with Crippen molar-refractivity contribution in [2.45, 2.75) is 68.8 Å². The summed E-state index contributed by atoms with van der Waals surface area (Å²) in [5.41, 5.74) is 2.28. The number of fused-ring (bicyclic) bond motifs is 1. The average Bonchev–Trinajstić information content (AvgIpc) is 3.53. The molecule has 5 atom stereocenters. The van der Waals surface area contributed by atoms with E-state index in [-0.39, 0.29) is 49.2 Å². The standard InChI is InChI=1S/C31H44N2O7S/c1-22-9-10-28(17-26(22)21-34)41(37,38)33(13-12-32(2)3)20-29(35)25(15-23-7-5-4-6-8-23)18-31(36)40-27-16-24-11-14-39-30(24)19-27/h4-10,17,24-25,27,29-30,34-35H,11-16,18-21H2,1-3H3/t24-,25-,27+,29-,30+/m1/s1. The van der Waals surface area contributed by atoms with Crippen molar-refractivity contribution < 1.29 is 32.9 Å². The summed E-state index contributed by atoms with van der Waals surface area (Å²) in [5, 5.41) is 21.2. The number of benzene rings is 2. The maximum absolute atomic E-state index is 13.8. The van der Waals surface area contributed by atoms with Crippen molar-refractivity contribution in [1.82, 2.24) is 9.21 Å². The molecule has 1 heterocycles. The van der Waals surface area contributed by atoms with Gasteiger partial charge in [-0.25, -0.2) is 8.42 Å². The van der Waals surface area contributed by atoms with Crippen molar-refractivity contribution >= 4 is 16.0 Å². The number of hydrogen-bond donors (Lipinski definition) is 2. The fraction of sp³-hybridized carbons (Fsp3) is 0.581. The lowest BCUT2D eigenvalue weighted by Gasteiger charge is -2.30. The van der Waals surface area contributed by atoms with E-state index in [0.717, 1.165) is 30.6 Å². The zero-order valence-corrected chi connectivity index (χ0v) is 25.1. The van der Waals surface area contributed by atoms with Crippen molar-refractivity contribution in [3.63, 3.8) is 0 Å². The van der Waals surface area contributed by atoms with Gasteiger partial charge in [-0.05, 0) is 75.0 Å². The predicted octanol–water partition coefficient (Wildman–Crippen LogP) is 2.76. The highest BCUT2D eigenvalue weighted by Gasteiger charge is 2.40. The van der Waals surface area contributed by atoms with E-state index in [0.29, 0.717) is 30.9 Å². The number of sulfonamides is 1. The van der Waals surface area contributed by atoms with Gasteiger partial charge in [0.2, 0.25) is 10.0 Å². The van der Waals surface area contributed by atoms with Gasteiger partial charge in [0.25, 0.3) is 0 Å². The number of carbonyl (C=O) groups excluding carboxylic acids is 1. The first-order valence-corrected chi connectivity index (χ1v) is 15.9. The molecule has 0 amide bonds. The molecule has 0 radical (unpaired) electrons. The maximum Gasteiger partial charge on any atom is 0.306 e. The minimum atomic E-state index is -4.00. The molecule has 2 N–H and O–H groups in total. The lowest BCUT2D eigenvalue weighted by atomic mass is 9.91. The second-order valence-electron chi connectivity index (χ2n) is 11.7. The van der Waals surface area contributed by atoms with Crippen molar-refractivity contribution in [1.29, 1.82) is 0 Å². The van der Waals surface area contributed by atoms with Gasteiger partial charge in [-0.1, -0.05) is 36.4 Å². The number of rotatable bonds is 14. The summed E-state index contributed by atoms with van der Waals surface area (Å²) in [6.07, 6.45) is 1.71. The number of carbonyl (C=O) groups is 1. The molecule has 41 heavy (non-hydrogen) atoms. The molecule has 0 spiro atoms. The molecule has 0 aromatic heterocycles. The van der Waals surface area contributed by atoms with E-state index in [9.17, 15) is 23.4 Å². The fourth-order valence-corrected chi connectivity index (χ4v) is 7.33. The molecule has 1 saturated carbocycles. The Bertz CT molecular complexity index is 1240. The highest BCUT2D eigenvalue weighted by molar-refractivity contribution is 7.89. The Labute approximate surface area is 244 Å². The van der Waals surface area contributed by atoms with Crippen LogP contribution < -0.4 is 0 Å². The van der Waals surface area contributed by atoms with Gasteiger partial charge in [-0.3, -0.25) is 4.79 Å². The van der Waals surface area contributed by atoms with Crippen LogP contribution in [0.5, 0.6) is 0 Å². The second kappa shape index (κ2) is 14.2. The van der Waals surface area contributed by atoms with Gasteiger partial charge in [0.1, 0.15) is 6.10 Å². The van der Waals surface area contributed by atoms with Crippen LogP contribution >= 0.6 is 0 Å². The van der Waals surface area contributed by atoms with Crippen molar-refractivity contribution in [2.75, 3.05) is 40.3 Å². The molecular formula is C31H44N2O7S. The molecule has 9 nitrogen and oxygen atoms in total. The Morgan fingerprint density at radius 3 is 2.56 bits per heavy atom. The number of hydrogen-bond acceptors (Lipinski definition) is 8. The van der Waals surface area contributed by atoms with Gasteiger partial charge < -0.3 is 24.6 Å².